The minimum Gasteiger partial charge on any atom is -0.354 e. The van der Waals surface area contributed by atoms with Crippen LogP contribution in [0.25, 0.3) is 0 Å². The van der Waals surface area contributed by atoms with Gasteiger partial charge in [0.25, 0.3) is 5.91 Å². The number of sulfonamides is 1. The van der Waals surface area contributed by atoms with E-state index in [4.69, 9.17) is 6.42 Å². The molecule has 8 heteroatoms. The molecule has 0 bridgehead atoms. The van der Waals surface area contributed by atoms with Crippen LogP contribution in [-0.2, 0) is 14.8 Å². The summed E-state index contributed by atoms with van der Waals surface area (Å²) >= 11 is 0. The number of nitrogens with one attached hydrogen (secondary N) is 1. The third kappa shape index (κ3) is 3.74. The molecule has 0 radical (unpaired) electrons. The van der Waals surface area contributed by atoms with E-state index < -0.39 is 10.0 Å². The fourth-order valence-corrected chi connectivity index (χ4v) is 4.63. The maximum atomic E-state index is 12.8. The van der Waals surface area contributed by atoms with Gasteiger partial charge in [-0.25, -0.2) is 8.42 Å². The molecule has 2 amide bonds. The summed E-state index contributed by atoms with van der Waals surface area (Å²) in [5, 5.41) is 2.60. The number of benzene rings is 1. The molecule has 0 aromatic heterocycles. The Bertz CT molecular complexity index is 851. The first-order valence-electron chi connectivity index (χ1n) is 8.54. The number of piperidine rings is 1. The molecule has 2 aliphatic rings. The standard InChI is InChI=1S/C18H21N3O4S/c1-2-14-6-9-20(10-7-14)18(23)15-4-3-5-16(12-15)26(24,25)21-11-8-19-17(22)13-21/h1,3-5,12,14H,6-11,13H2,(H,19,22). The second-order valence-electron chi connectivity index (χ2n) is 6.45. The maximum Gasteiger partial charge on any atom is 0.253 e. The fourth-order valence-electron chi connectivity index (χ4n) is 3.19. The molecule has 2 fully saturated rings. The van der Waals surface area contributed by atoms with E-state index >= 15 is 0 Å². The summed E-state index contributed by atoms with van der Waals surface area (Å²) in [6.45, 7) is 1.42. The van der Waals surface area contributed by atoms with Crippen molar-refractivity contribution in [1.82, 2.24) is 14.5 Å². The molecule has 1 aromatic carbocycles. The summed E-state index contributed by atoms with van der Waals surface area (Å²) in [7, 11) is -3.82. The van der Waals surface area contributed by atoms with Crippen molar-refractivity contribution < 1.29 is 18.0 Å². The zero-order valence-corrected chi connectivity index (χ0v) is 15.2. The first-order chi connectivity index (χ1) is 12.4. The number of rotatable bonds is 3. The Labute approximate surface area is 153 Å². The van der Waals surface area contributed by atoms with E-state index in [9.17, 15) is 18.0 Å². The highest BCUT2D eigenvalue weighted by molar-refractivity contribution is 7.89. The van der Waals surface area contributed by atoms with Crippen LogP contribution in [0.3, 0.4) is 0 Å². The Morgan fingerprint density at radius 2 is 1.96 bits per heavy atom. The van der Waals surface area contributed by atoms with Crippen LogP contribution >= 0.6 is 0 Å². The minimum absolute atomic E-state index is 0.0246. The van der Waals surface area contributed by atoms with Gasteiger partial charge in [-0.2, -0.15) is 4.31 Å². The predicted octanol–water partition coefficient (Wildman–Crippen LogP) is 0.293. The lowest BCUT2D eigenvalue weighted by molar-refractivity contribution is -0.122. The van der Waals surface area contributed by atoms with Crippen molar-refractivity contribution >= 4 is 21.8 Å². The third-order valence-electron chi connectivity index (χ3n) is 4.74. The number of amides is 2. The van der Waals surface area contributed by atoms with Gasteiger partial charge in [0.15, 0.2) is 0 Å². The first-order valence-corrected chi connectivity index (χ1v) is 9.98. The van der Waals surface area contributed by atoms with Crippen LogP contribution < -0.4 is 5.32 Å². The second-order valence-corrected chi connectivity index (χ2v) is 8.39. The van der Waals surface area contributed by atoms with Gasteiger partial charge in [0, 0.05) is 37.7 Å². The predicted molar refractivity (Wildman–Crippen MR) is 95.7 cm³/mol. The highest BCUT2D eigenvalue weighted by Gasteiger charge is 2.30. The smallest absolute Gasteiger partial charge is 0.253 e. The SMILES string of the molecule is C#CC1CCN(C(=O)c2cccc(S(=O)(=O)N3CCNC(=O)C3)c2)CC1. The molecule has 7 nitrogen and oxygen atoms in total. The molecule has 2 aliphatic heterocycles. The Kier molecular flexibility index (Phi) is 5.30. The average Bonchev–Trinajstić information content (AvgIpc) is 2.67. The molecule has 1 aromatic rings. The van der Waals surface area contributed by atoms with Gasteiger partial charge in [-0.1, -0.05) is 6.07 Å². The zero-order valence-electron chi connectivity index (χ0n) is 14.3. The van der Waals surface area contributed by atoms with Crippen LogP contribution in [0.2, 0.25) is 0 Å². The summed E-state index contributed by atoms with van der Waals surface area (Å²) < 4.78 is 26.7. The molecule has 0 atom stereocenters. The Morgan fingerprint density at radius 3 is 2.62 bits per heavy atom. The highest BCUT2D eigenvalue weighted by Crippen LogP contribution is 2.21. The van der Waals surface area contributed by atoms with Crippen LogP contribution in [0.1, 0.15) is 23.2 Å². The van der Waals surface area contributed by atoms with Gasteiger partial charge >= 0.3 is 0 Å². The number of likely N-dealkylation sites (tertiary alicyclic amines) is 1. The first kappa shape index (κ1) is 18.4. The van der Waals surface area contributed by atoms with E-state index in [2.05, 4.69) is 11.2 Å². The summed E-state index contributed by atoms with van der Waals surface area (Å²) in [5.41, 5.74) is 0.326. The summed E-state index contributed by atoms with van der Waals surface area (Å²) in [6.07, 6.45) is 6.94. The number of hydrogen-bond donors (Lipinski definition) is 1. The van der Waals surface area contributed by atoms with E-state index in [0.29, 0.717) is 18.7 Å². The van der Waals surface area contributed by atoms with Crippen molar-refractivity contribution in [3.8, 4) is 12.3 Å². The number of hydrogen-bond acceptors (Lipinski definition) is 4. The zero-order chi connectivity index (χ0) is 18.7. The van der Waals surface area contributed by atoms with Crippen LogP contribution in [0.15, 0.2) is 29.2 Å². The van der Waals surface area contributed by atoms with Crippen LogP contribution in [-0.4, -0.2) is 62.2 Å². The molecule has 138 valence electrons. The van der Waals surface area contributed by atoms with Crippen LogP contribution in [0.4, 0.5) is 0 Å². The lowest BCUT2D eigenvalue weighted by Gasteiger charge is -2.30. The average molecular weight is 375 g/mol. The highest BCUT2D eigenvalue weighted by atomic mass is 32.2. The number of piperazine rings is 1. The molecular weight excluding hydrogens is 354 g/mol. The quantitative estimate of drug-likeness (QED) is 0.770. The lowest BCUT2D eigenvalue weighted by atomic mass is 9.97. The van der Waals surface area contributed by atoms with Gasteiger partial charge in [-0.15, -0.1) is 12.3 Å². The normalized spacial score (nSPS) is 19.7. The Balaban J connectivity index is 1.79. The fraction of sp³-hybridized carbons (Fsp3) is 0.444. The largest absolute Gasteiger partial charge is 0.354 e. The van der Waals surface area contributed by atoms with Gasteiger partial charge in [-0.3, -0.25) is 9.59 Å². The molecular formula is C18H21N3O4S. The second kappa shape index (κ2) is 7.48. The van der Waals surface area contributed by atoms with E-state index in [1.807, 2.05) is 0 Å². The maximum absolute atomic E-state index is 12.8. The Morgan fingerprint density at radius 1 is 1.23 bits per heavy atom. The van der Waals surface area contributed by atoms with Crippen molar-refractivity contribution in [2.75, 3.05) is 32.7 Å². The molecule has 3 rings (SSSR count). The van der Waals surface area contributed by atoms with E-state index in [1.54, 1.807) is 17.0 Å². The van der Waals surface area contributed by atoms with E-state index in [1.165, 1.54) is 12.1 Å². The monoisotopic (exact) mass is 375 g/mol. The summed E-state index contributed by atoms with van der Waals surface area (Å²) in [6, 6.07) is 6.00. The van der Waals surface area contributed by atoms with Crippen LogP contribution in [0.5, 0.6) is 0 Å². The molecule has 0 aliphatic carbocycles. The van der Waals surface area contributed by atoms with Crippen molar-refractivity contribution in [3.63, 3.8) is 0 Å². The topological polar surface area (TPSA) is 86.8 Å². The number of carbonyl (C=O) groups is 2. The van der Waals surface area contributed by atoms with Crippen molar-refractivity contribution in [3.05, 3.63) is 29.8 Å². The molecule has 26 heavy (non-hydrogen) atoms. The molecule has 0 unspecified atom stereocenters. The lowest BCUT2D eigenvalue weighted by Crippen LogP contribution is -2.49. The number of terminal acetylenes is 1. The van der Waals surface area contributed by atoms with Gasteiger partial charge < -0.3 is 10.2 Å². The Hall–Kier alpha value is -2.37. The number of carbonyl (C=O) groups excluding carboxylic acids is 2. The molecule has 2 saturated heterocycles. The number of nitrogens with zero attached hydrogens (tertiary/aromatic N) is 2. The van der Waals surface area contributed by atoms with Crippen molar-refractivity contribution in [1.29, 1.82) is 0 Å². The van der Waals surface area contributed by atoms with Crippen LogP contribution in [0, 0.1) is 18.3 Å². The third-order valence-corrected chi connectivity index (χ3v) is 6.58. The van der Waals surface area contributed by atoms with Crippen molar-refractivity contribution in [2.45, 2.75) is 17.7 Å². The molecule has 2 heterocycles. The van der Waals surface area contributed by atoms with E-state index in [-0.39, 0.29) is 42.3 Å². The summed E-state index contributed by atoms with van der Waals surface area (Å²) in [4.78, 5) is 25.9. The van der Waals surface area contributed by atoms with Gasteiger partial charge in [0.2, 0.25) is 15.9 Å². The van der Waals surface area contributed by atoms with Gasteiger partial charge in [-0.05, 0) is 31.0 Å². The molecule has 0 spiro atoms. The van der Waals surface area contributed by atoms with Gasteiger partial charge in [0.05, 0.1) is 11.4 Å². The summed E-state index contributed by atoms with van der Waals surface area (Å²) in [5.74, 6) is 2.38. The van der Waals surface area contributed by atoms with Crippen molar-refractivity contribution in [2.24, 2.45) is 5.92 Å². The van der Waals surface area contributed by atoms with Gasteiger partial charge in [0.1, 0.15) is 0 Å². The molecule has 1 N–H and O–H groups in total. The van der Waals surface area contributed by atoms with E-state index in [0.717, 1.165) is 17.1 Å². The molecule has 0 saturated carbocycles. The minimum atomic E-state index is -3.82.